The Balaban J connectivity index is 2.29. The standard InChI is InChI=1S/C19H25N5/c1-20-17-16(18(21-2)23-19(17)22-3)15-8-6-7-12-11-13(24(4)5)9-10-14(12)15/h6-11,20-23H,1-5H3. The van der Waals surface area contributed by atoms with Crippen molar-refractivity contribution in [3.63, 3.8) is 0 Å². The summed E-state index contributed by atoms with van der Waals surface area (Å²) < 4.78 is 0. The number of aromatic amines is 1. The van der Waals surface area contributed by atoms with Crippen molar-refractivity contribution in [2.24, 2.45) is 0 Å². The molecule has 3 rings (SSSR count). The van der Waals surface area contributed by atoms with Crippen LogP contribution in [0, 0.1) is 0 Å². The predicted octanol–water partition coefficient (Wildman–Crippen LogP) is 4.03. The summed E-state index contributed by atoms with van der Waals surface area (Å²) in [6, 6.07) is 13.0. The van der Waals surface area contributed by atoms with Crippen molar-refractivity contribution >= 4 is 33.8 Å². The highest BCUT2D eigenvalue weighted by atomic mass is 15.1. The third kappa shape index (κ3) is 2.52. The molecule has 5 nitrogen and oxygen atoms in total. The van der Waals surface area contributed by atoms with E-state index in [1.54, 1.807) is 0 Å². The molecule has 0 radical (unpaired) electrons. The first-order valence-electron chi connectivity index (χ1n) is 8.10. The lowest BCUT2D eigenvalue weighted by molar-refractivity contribution is 1.14. The maximum Gasteiger partial charge on any atom is 0.129 e. The van der Waals surface area contributed by atoms with Gasteiger partial charge >= 0.3 is 0 Å². The van der Waals surface area contributed by atoms with Gasteiger partial charge in [0.1, 0.15) is 11.6 Å². The molecule has 0 unspecified atom stereocenters. The van der Waals surface area contributed by atoms with Crippen LogP contribution >= 0.6 is 0 Å². The summed E-state index contributed by atoms with van der Waals surface area (Å²) in [6.45, 7) is 0. The minimum Gasteiger partial charge on any atom is -0.385 e. The van der Waals surface area contributed by atoms with Gasteiger partial charge in [-0.2, -0.15) is 0 Å². The van der Waals surface area contributed by atoms with Crippen molar-refractivity contribution in [3.05, 3.63) is 36.4 Å². The smallest absolute Gasteiger partial charge is 0.129 e. The monoisotopic (exact) mass is 323 g/mol. The molecule has 0 spiro atoms. The fourth-order valence-electron chi connectivity index (χ4n) is 3.16. The number of anilines is 4. The number of rotatable bonds is 5. The average molecular weight is 323 g/mol. The minimum absolute atomic E-state index is 0.971. The number of hydrogen-bond acceptors (Lipinski definition) is 4. The van der Waals surface area contributed by atoms with Crippen molar-refractivity contribution in [1.29, 1.82) is 0 Å². The second-order valence-electron chi connectivity index (χ2n) is 5.98. The maximum absolute atomic E-state index is 3.40. The molecule has 0 aliphatic rings. The van der Waals surface area contributed by atoms with Crippen molar-refractivity contribution in [2.45, 2.75) is 0 Å². The summed E-state index contributed by atoms with van der Waals surface area (Å²) in [4.78, 5) is 5.53. The minimum atomic E-state index is 0.971. The van der Waals surface area contributed by atoms with Gasteiger partial charge in [-0.3, -0.25) is 0 Å². The molecule has 4 N–H and O–H groups in total. The molecule has 0 fully saturated rings. The number of fused-ring (bicyclic) bond motifs is 1. The van der Waals surface area contributed by atoms with E-state index in [1.807, 2.05) is 21.1 Å². The van der Waals surface area contributed by atoms with Gasteiger partial charge in [0.15, 0.2) is 0 Å². The van der Waals surface area contributed by atoms with Crippen molar-refractivity contribution in [3.8, 4) is 11.1 Å². The van der Waals surface area contributed by atoms with E-state index < -0.39 is 0 Å². The average Bonchev–Trinajstić information content (AvgIpc) is 2.98. The van der Waals surface area contributed by atoms with Crippen LogP contribution in [0.5, 0.6) is 0 Å². The molecule has 1 heterocycles. The van der Waals surface area contributed by atoms with Gasteiger partial charge in [-0.25, -0.2) is 0 Å². The Hall–Kier alpha value is -2.82. The van der Waals surface area contributed by atoms with E-state index in [-0.39, 0.29) is 0 Å². The summed E-state index contributed by atoms with van der Waals surface area (Å²) in [5.74, 6) is 1.96. The number of hydrogen-bond donors (Lipinski definition) is 4. The van der Waals surface area contributed by atoms with E-state index in [0.717, 1.165) is 22.9 Å². The quantitative estimate of drug-likeness (QED) is 0.573. The molecule has 0 amide bonds. The Morgan fingerprint density at radius 1 is 0.875 bits per heavy atom. The van der Waals surface area contributed by atoms with E-state index in [2.05, 4.69) is 76.3 Å². The van der Waals surface area contributed by atoms with Gasteiger partial charge in [0.2, 0.25) is 0 Å². The third-order valence-electron chi connectivity index (χ3n) is 4.40. The molecule has 2 aromatic carbocycles. The topological polar surface area (TPSA) is 55.1 Å². The van der Waals surface area contributed by atoms with Crippen LogP contribution in [0.1, 0.15) is 0 Å². The zero-order valence-corrected chi connectivity index (χ0v) is 14.9. The summed E-state index contributed by atoms with van der Waals surface area (Å²) in [6.07, 6.45) is 0. The lowest BCUT2D eigenvalue weighted by Gasteiger charge is -2.15. The molecular formula is C19H25N5. The number of aromatic nitrogens is 1. The van der Waals surface area contributed by atoms with Crippen LogP contribution in [-0.2, 0) is 0 Å². The van der Waals surface area contributed by atoms with E-state index in [1.165, 1.54) is 22.0 Å². The maximum atomic E-state index is 3.40. The molecule has 126 valence electrons. The Labute approximate surface area is 143 Å². The SMILES string of the molecule is CNc1[nH]c(NC)c(-c2cccc3cc(N(C)C)ccc23)c1NC. The summed E-state index contributed by atoms with van der Waals surface area (Å²) in [7, 11) is 9.93. The lowest BCUT2D eigenvalue weighted by atomic mass is 9.98. The predicted molar refractivity (Wildman–Crippen MR) is 107 cm³/mol. The Morgan fingerprint density at radius 3 is 2.25 bits per heavy atom. The fraction of sp³-hybridized carbons (Fsp3) is 0.263. The molecule has 5 heteroatoms. The zero-order valence-electron chi connectivity index (χ0n) is 14.9. The molecule has 0 saturated heterocycles. The van der Waals surface area contributed by atoms with Crippen molar-refractivity contribution < 1.29 is 0 Å². The molecule has 1 aromatic heterocycles. The van der Waals surface area contributed by atoms with Crippen LogP contribution < -0.4 is 20.9 Å². The molecule has 0 atom stereocenters. The van der Waals surface area contributed by atoms with Crippen molar-refractivity contribution in [1.82, 2.24) is 4.98 Å². The Kier molecular flexibility index (Phi) is 4.25. The second-order valence-corrected chi connectivity index (χ2v) is 5.98. The molecule has 24 heavy (non-hydrogen) atoms. The Morgan fingerprint density at radius 2 is 1.62 bits per heavy atom. The number of nitrogens with zero attached hydrogens (tertiary/aromatic N) is 1. The van der Waals surface area contributed by atoms with Crippen LogP contribution in [-0.4, -0.2) is 40.2 Å². The van der Waals surface area contributed by atoms with Gasteiger partial charge in [0.25, 0.3) is 0 Å². The summed E-state index contributed by atoms with van der Waals surface area (Å²) >= 11 is 0. The van der Waals surface area contributed by atoms with E-state index >= 15 is 0 Å². The van der Waals surface area contributed by atoms with Crippen LogP contribution in [0.3, 0.4) is 0 Å². The lowest BCUT2D eigenvalue weighted by Crippen LogP contribution is -2.08. The molecule has 0 aliphatic carbocycles. The van der Waals surface area contributed by atoms with Gasteiger partial charge in [-0.15, -0.1) is 0 Å². The first-order chi connectivity index (χ1) is 11.6. The van der Waals surface area contributed by atoms with E-state index in [9.17, 15) is 0 Å². The van der Waals surface area contributed by atoms with Gasteiger partial charge in [0.05, 0.1) is 5.69 Å². The highest BCUT2D eigenvalue weighted by molar-refractivity contribution is 6.06. The molecular weight excluding hydrogens is 298 g/mol. The molecule has 0 aliphatic heterocycles. The van der Waals surface area contributed by atoms with Crippen LogP contribution in [0.15, 0.2) is 36.4 Å². The van der Waals surface area contributed by atoms with Gasteiger partial charge < -0.3 is 25.8 Å². The first-order valence-corrected chi connectivity index (χ1v) is 8.10. The summed E-state index contributed by atoms with van der Waals surface area (Å²) in [5.41, 5.74) is 4.61. The number of H-pyrrole nitrogens is 1. The van der Waals surface area contributed by atoms with Gasteiger partial charge in [-0.1, -0.05) is 24.3 Å². The normalized spacial score (nSPS) is 10.7. The number of nitrogens with one attached hydrogen (secondary N) is 4. The third-order valence-corrected chi connectivity index (χ3v) is 4.40. The number of benzene rings is 2. The molecule has 0 bridgehead atoms. The van der Waals surface area contributed by atoms with Crippen LogP contribution in [0.25, 0.3) is 21.9 Å². The second kappa shape index (κ2) is 6.35. The zero-order chi connectivity index (χ0) is 17.3. The highest BCUT2D eigenvalue weighted by Crippen LogP contribution is 2.43. The van der Waals surface area contributed by atoms with Crippen LogP contribution in [0.2, 0.25) is 0 Å². The largest absolute Gasteiger partial charge is 0.385 e. The molecule has 3 aromatic rings. The van der Waals surface area contributed by atoms with Crippen molar-refractivity contribution in [2.75, 3.05) is 56.1 Å². The highest BCUT2D eigenvalue weighted by Gasteiger charge is 2.18. The van der Waals surface area contributed by atoms with Gasteiger partial charge in [-0.05, 0) is 28.5 Å². The molecule has 0 saturated carbocycles. The van der Waals surface area contributed by atoms with Crippen LogP contribution in [0.4, 0.5) is 23.0 Å². The van der Waals surface area contributed by atoms with E-state index in [0.29, 0.717) is 0 Å². The fourth-order valence-corrected chi connectivity index (χ4v) is 3.16. The van der Waals surface area contributed by atoms with Gasteiger partial charge in [0, 0.05) is 46.5 Å². The van der Waals surface area contributed by atoms with E-state index in [4.69, 9.17) is 0 Å². The first kappa shape index (κ1) is 16.1. The Bertz CT molecular complexity index is 864. The summed E-state index contributed by atoms with van der Waals surface area (Å²) in [5, 5.41) is 12.3.